The molecule has 0 radical (unpaired) electrons. The van der Waals surface area contributed by atoms with E-state index in [1.54, 1.807) is 0 Å². The number of rotatable bonds is 2. The molecule has 0 aliphatic carbocycles. The minimum atomic E-state index is -1.20. The fourth-order valence-corrected chi connectivity index (χ4v) is 0.159. The van der Waals surface area contributed by atoms with E-state index in [0.717, 1.165) is 0 Å². The second-order valence-electron chi connectivity index (χ2n) is 0.821. The molecule has 0 aliphatic rings. The Labute approximate surface area is 75.6 Å². The van der Waals surface area contributed by atoms with Crippen LogP contribution in [0, 0.1) is 11.1 Å². The smallest absolute Gasteiger partial charge is 0.281 e. The SMILES string of the molecule is N=N.O=C(Cl)ON=NOC(=O)Cl. The Morgan fingerprint density at radius 1 is 1.00 bits per heavy atom. The van der Waals surface area contributed by atoms with Crippen molar-refractivity contribution in [2.45, 2.75) is 0 Å². The third-order valence-corrected chi connectivity index (χ3v) is 0.397. The van der Waals surface area contributed by atoms with E-state index < -0.39 is 10.9 Å². The summed E-state index contributed by atoms with van der Waals surface area (Å²) in [4.78, 5) is 26.7. The first-order valence-electron chi connectivity index (χ1n) is 2.01. The predicted molar refractivity (Wildman–Crippen MR) is 35.0 cm³/mol. The van der Waals surface area contributed by atoms with E-state index >= 15 is 0 Å². The average Bonchev–Trinajstić information content (AvgIpc) is 2.02. The van der Waals surface area contributed by atoms with E-state index in [1.807, 2.05) is 0 Å². The summed E-state index contributed by atoms with van der Waals surface area (Å²) in [5.41, 5.74) is 7.60. The lowest BCUT2D eigenvalue weighted by atomic mass is 11.6. The molecule has 2 N–H and O–H groups in total. The van der Waals surface area contributed by atoms with Crippen molar-refractivity contribution >= 4 is 34.1 Å². The molecular formula is C2H2Cl2N4O4. The molecule has 68 valence electrons. The normalized spacial score (nSPS) is 8.17. The van der Waals surface area contributed by atoms with Crippen LogP contribution in [0.2, 0.25) is 0 Å². The van der Waals surface area contributed by atoms with Crippen molar-refractivity contribution in [2.24, 2.45) is 10.6 Å². The van der Waals surface area contributed by atoms with Gasteiger partial charge < -0.3 is 0 Å². The maximum Gasteiger partial charge on any atom is 0.431 e. The monoisotopic (exact) mass is 216 g/mol. The molecule has 0 heterocycles. The van der Waals surface area contributed by atoms with Crippen LogP contribution in [-0.4, -0.2) is 10.9 Å². The van der Waals surface area contributed by atoms with Gasteiger partial charge in [-0.05, 0) is 0 Å². The van der Waals surface area contributed by atoms with Crippen molar-refractivity contribution in [1.82, 2.24) is 0 Å². The fraction of sp³-hybridized carbons (Fsp3) is 0. The molecule has 0 atom stereocenters. The summed E-state index contributed by atoms with van der Waals surface area (Å²) in [6, 6.07) is 0. The third-order valence-electron chi connectivity index (χ3n) is 0.259. The molecule has 0 aromatic heterocycles. The van der Waals surface area contributed by atoms with Crippen LogP contribution in [0.15, 0.2) is 10.6 Å². The molecule has 0 rings (SSSR count). The quantitative estimate of drug-likeness (QED) is 0.418. The first-order valence-corrected chi connectivity index (χ1v) is 2.77. The van der Waals surface area contributed by atoms with Crippen LogP contribution in [0.3, 0.4) is 0 Å². The Morgan fingerprint density at radius 2 is 1.25 bits per heavy atom. The third kappa shape index (κ3) is 15.9. The molecule has 0 aromatic carbocycles. The van der Waals surface area contributed by atoms with Gasteiger partial charge in [0.25, 0.3) is 0 Å². The van der Waals surface area contributed by atoms with Gasteiger partial charge in [-0.15, -0.1) is 0 Å². The summed E-state index contributed by atoms with van der Waals surface area (Å²) in [5.74, 6) is 0. The van der Waals surface area contributed by atoms with Gasteiger partial charge in [0.1, 0.15) is 0 Å². The predicted octanol–water partition coefficient (Wildman–Crippen LogP) is 2.62. The Morgan fingerprint density at radius 3 is 1.42 bits per heavy atom. The van der Waals surface area contributed by atoms with Gasteiger partial charge in [-0.3, -0.25) is 9.68 Å². The maximum atomic E-state index is 9.70. The molecule has 0 saturated carbocycles. The Kier molecular flexibility index (Phi) is 10.8. The molecule has 0 amide bonds. The summed E-state index contributed by atoms with van der Waals surface area (Å²) < 4.78 is 0. The van der Waals surface area contributed by atoms with Crippen LogP contribution in [0.5, 0.6) is 0 Å². The van der Waals surface area contributed by atoms with Crippen LogP contribution in [0.4, 0.5) is 9.59 Å². The van der Waals surface area contributed by atoms with Crippen molar-refractivity contribution in [1.29, 1.82) is 11.1 Å². The van der Waals surface area contributed by atoms with E-state index in [-0.39, 0.29) is 0 Å². The highest BCUT2D eigenvalue weighted by molar-refractivity contribution is 6.61. The molecule has 10 heteroatoms. The van der Waals surface area contributed by atoms with Gasteiger partial charge in [-0.2, -0.15) is 0 Å². The van der Waals surface area contributed by atoms with Crippen LogP contribution in [0.1, 0.15) is 0 Å². The van der Waals surface area contributed by atoms with E-state index in [4.69, 9.17) is 11.1 Å². The van der Waals surface area contributed by atoms with Crippen LogP contribution >= 0.6 is 23.2 Å². The average molecular weight is 217 g/mol. The molecule has 0 bridgehead atoms. The number of halogens is 2. The fourth-order valence-electron chi connectivity index (χ4n) is 0.0975. The highest BCUT2D eigenvalue weighted by Crippen LogP contribution is 1.91. The zero-order chi connectivity index (χ0) is 9.98. The van der Waals surface area contributed by atoms with Crippen LogP contribution in [0.25, 0.3) is 0 Å². The summed E-state index contributed by atoms with van der Waals surface area (Å²) in [6.07, 6.45) is 0. The Balaban J connectivity index is 0. The number of carbonyl (C=O) groups excluding carboxylic acids is 2. The van der Waals surface area contributed by atoms with Crippen molar-refractivity contribution in [3.8, 4) is 0 Å². The topological polar surface area (TPSA) is 125 Å². The van der Waals surface area contributed by atoms with E-state index in [2.05, 4.69) is 43.4 Å². The first-order chi connectivity index (χ1) is 5.63. The standard InChI is InChI=1S/C2Cl2N2O4.H2N2/c3-1(7)9-5-6-10-2(4)8;1-2/h;1-2H. The Hall–Kier alpha value is -1.28. The van der Waals surface area contributed by atoms with E-state index in [1.165, 1.54) is 0 Å². The van der Waals surface area contributed by atoms with E-state index in [9.17, 15) is 9.59 Å². The van der Waals surface area contributed by atoms with Crippen molar-refractivity contribution < 1.29 is 19.3 Å². The number of hydrogen-bond acceptors (Lipinski definition) is 8. The highest BCUT2D eigenvalue weighted by atomic mass is 35.5. The molecular weight excluding hydrogens is 215 g/mol. The maximum absolute atomic E-state index is 9.70. The van der Waals surface area contributed by atoms with Gasteiger partial charge >= 0.3 is 10.9 Å². The van der Waals surface area contributed by atoms with Gasteiger partial charge in [0.05, 0.1) is 10.6 Å². The number of carbonyl (C=O) groups is 2. The molecule has 12 heavy (non-hydrogen) atoms. The lowest BCUT2D eigenvalue weighted by molar-refractivity contribution is 0.116. The zero-order valence-corrected chi connectivity index (χ0v) is 6.80. The molecule has 0 fully saturated rings. The van der Waals surface area contributed by atoms with Crippen LogP contribution < -0.4 is 0 Å². The second-order valence-corrected chi connectivity index (χ2v) is 1.44. The van der Waals surface area contributed by atoms with Gasteiger partial charge in [0.2, 0.25) is 0 Å². The lowest BCUT2D eigenvalue weighted by Gasteiger charge is -1.83. The lowest BCUT2D eigenvalue weighted by Crippen LogP contribution is -1.85. The van der Waals surface area contributed by atoms with Crippen molar-refractivity contribution in [3.05, 3.63) is 0 Å². The number of nitrogens with zero attached hydrogens (tertiary/aromatic N) is 2. The first kappa shape index (κ1) is 13.3. The number of hydrogen-bond donors (Lipinski definition) is 2. The minimum Gasteiger partial charge on any atom is -0.281 e. The van der Waals surface area contributed by atoms with Crippen molar-refractivity contribution in [3.63, 3.8) is 0 Å². The zero-order valence-electron chi connectivity index (χ0n) is 5.28. The van der Waals surface area contributed by atoms with Gasteiger partial charge in [0.15, 0.2) is 0 Å². The van der Waals surface area contributed by atoms with E-state index in [0.29, 0.717) is 0 Å². The second kappa shape index (κ2) is 9.72. The minimum absolute atomic E-state index is 1.20. The number of nitrogens with one attached hydrogen (secondary N) is 2. The summed E-state index contributed by atoms with van der Waals surface area (Å²) in [6.45, 7) is 0. The van der Waals surface area contributed by atoms with Crippen LogP contribution in [-0.2, 0) is 9.68 Å². The molecule has 0 spiro atoms. The molecule has 8 nitrogen and oxygen atoms in total. The summed E-state index contributed by atoms with van der Waals surface area (Å²) in [5, 5.41) is 5.05. The van der Waals surface area contributed by atoms with Gasteiger partial charge in [-0.1, -0.05) is 0 Å². The summed E-state index contributed by atoms with van der Waals surface area (Å²) >= 11 is 9.21. The summed E-state index contributed by atoms with van der Waals surface area (Å²) in [7, 11) is 0. The van der Waals surface area contributed by atoms with Crippen molar-refractivity contribution in [2.75, 3.05) is 0 Å². The molecule has 0 aliphatic heterocycles. The highest BCUT2D eigenvalue weighted by Gasteiger charge is 1.94. The molecule has 0 unspecified atom stereocenters. The molecule has 0 saturated heterocycles. The van der Waals surface area contributed by atoms with Gasteiger partial charge in [0, 0.05) is 23.2 Å². The Bertz CT molecular complexity index is 166. The van der Waals surface area contributed by atoms with Gasteiger partial charge in [-0.25, -0.2) is 20.7 Å². The largest absolute Gasteiger partial charge is 0.431 e. The molecule has 0 aromatic rings.